The third-order valence-electron chi connectivity index (χ3n) is 3.75. The molecular weight excluding hydrogens is 281 g/mol. The largest absolute Gasteiger partial charge is 0.469 e. The van der Waals surface area contributed by atoms with Crippen molar-refractivity contribution in [2.45, 2.75) is 38.3 Å². The monoisotopic (exact) mass is 299 g/mol. The Balaban J connectivity index is 2.04. The molecule has 1 atom stereocenters. The number of halogens is 2. The van der Waals surface area contributed by atoms with Crippen LogP contribution in [0.4, 0.5) is 4.39 Å². The molecule has 1 aliphatic rings. The Kier molecular flexibility index (Phi) is 5.38. The number of carbonyl (C=O) groups excluding carboxylic acids is 1. The van der Waals surface area contributed by atoms with Crippen molar-refractivity contribution in [3.05, 3.63) is 34.6 Å². The number of carbonyl (C=O) groups is 1. The zero-order valence-electron chi connectivity index (χ0n) is 11.6. The van der Waals surface area contributed by atoms with Gasteiger partial charge >= 0.3 is 5.97 Å². The van der Waals surface area contributed by atoms with Crippen LogP contribution in [0.5, 0.6) is 0 Å². The van der Waals surface area contributed by atoms with Crippen molar-refractivity contribution in [3.8, 4) is 0 Å². The maximum absolute atomic E-state index is 13.5. The number of likely N-dealkylation sites (tertiary alicyclic amines) is 1. The highest BCUT2D eigenvalue weighted by Gasteiger charge is 2.25. The number of hydrogen-bond acceptors (Lipinski definition) is 3. The molecule has 0 radical (unpaired) electrons. The van der Waals surface area contributed by atoms with Crippen LogP contribution in [0, 0.1) is 5.82 Å². The Morgan fingerprint density at radius 2 is 2.30 bits per heavy atom. The van der Waals surface area contributed by atoms with Crippen LogP contribution in [0.3, 0.4) is 0 Å². The normalized spacial score (nSPS) is 19.9. The van der Waals surface area contributed by atoms with Crippen LogP contribution in [-0.2, 0) is 16.1 Å². The number of benzene rings is 1. The van der Waals surface area contributed by atoms with Gasteiger partial charge in [0.15, 0.2) is 0 Å². The molecule has 20 heavy (non-hydrogen) atoms. The van der Waals surface area contributed by atoms with Crippen molar-refractivity contribution >= 4 is 17.6 Å². The number of hydrogen-bond donors (Lipinski definition) is 0. The van der Waals surface area contributed by atoms with Gasteiger partial charge in [0.1, 0.15) is 5.82 Å². The fraction of sp³-hybridized carbons (Fsp3) is 0.533. The summed E-state index contributed by atoms with van der Waals surface area (Å²) < 4.78 is 18.2. The van der Waals surface area contributed by atoms with E-state index >= 15 is 0 Å². The van der Waals surface area contributed by atoms with Crippen LogP contribution >= 0.6 is 11.6 Å². The van der Waals surface area contributed by atoms with Gasteiger partial charge in [0.05, 0.1) is 18.6 Å². The number of methoxy groups -OCH3 is 1. The second kappa shape index (κ2) is 7.04. The average Bonchev–Trinajstić information content (AvgIpc) is 2.45. The van der Waals surface area contributed by atoms with Crippen LogP contribution in [0.1, 0.15) is 31.2 Å². The molecule has 3 nitrogen and oxygen atoms in total. The van der Waals surface area contributed by atoms with E-state index in [1.165, 1.54) is 13.2 Å². The lowest BCUT2D eigenvalue weighted by Gasteiger charge is -2.35. The molecule has 1 heterocycles. The molecule has 1 saturated heterocycles. The van der Waals surface area contributed by atoms with Crippen LogP contribution in [0.15, 0.2) is 18.2 Å². The van der Waals surface area contributed by atoms with Gasteiger partial charge in [0.25, 0.3) is 0 Å². The van der Waals surface area contributed by atoms with E-state index in [-0.39, 0.29) is 17.0 Å². The second-order valence-corrected chi connectivity index (χ2v) is 5.56. The van der Waals surface area contributed by atoms with Gasteiger partial charge in [-0.1, -0.05) is 24.1 Å². The van der Waals surface area contributed by atoms with Crippen molar-refractivity contribution in [1.82, 2.24) is 4.90 Å². The highest BCUT2D eigenvalue weighted by atomic mass is 35.5. The Morgan fingerprint density at radius 1 is 1.50 bits per heavy atom. The van der Waals surface area contributed by atoms with Gasteiger partial charge in [-0.05, 0) is 37.1 Å². The number of nitrogens with zero attached hydrogens (tertiary/aromatic N) is 1. The Labute approximate surface area is 123 Å². The van der Waals surface area contributed by atoms with Crippen LogP contribution in [0.25, 0.3) is 0 Å². The zero-order valence-corrected chi connectivity index (χ0v) is 12.3. The zero-order chi connectivity index (χ0) is 14.5. The lowest BCUT2D eigenvalue weighted by Crippen LogP contribution is -2.40. The number of piperidine rings is 1. The molecule has 1 fully saturated rings. The van der Waals surface area contributed by atoms with E-state index in [4.69, 9.17) is 16.3 Å². The summed E-state index contributed by atoms with van der Waals surface area (Å²) in [5.74, 6) is -0.588. The first-order valence-corrected chi connectivity index (χ1v) is 7.22. The first-order chi connectivity index (χ1) is 9.60. The van der Waals surface area contributed by atoms with E-state index in [1.807, 2.05) is 6.07 Å². The first-order valence-electron chi connectivity index (χ1n) is 6.85. The van der Waals surface area contributed by atoms with Crippen molar-refractivity contribution in [1.29, 1.82) is 0 Å². The van der Waals surface area contributed by atoms with Crippen molar-refractivity contribution in [2.24, 2.45) is 0 Å². The smallest absolute Gasteiger partial charge is 0.307 e. The van der Waals surface area contributed by atoms with Crippen LogP contribution in [-0.4, -0.2) is 30.6 Å². The topological polar surface area (TPSA) is 29.5 Å². The molecule has 0 N–H and O–H groups in total. The van der Waals surface area contributed by atoms with E-state index in [0.29, 0.717) is 13.0 Å². The molecule has 1 aromatic carbocycles. The SMILES string of the molecule is COC(=O)CC1CCCCN1Cc1ccc(Cl)c(F)c1. The molecule has 0 amide bonds. The highest BCUT2D eigenvalue weighted by Crippen LogP contribution is 2.23. The fourth-order valence-electron chi connectivity index (χ4n) is 2.65. The first kappa shape index (κ1) is 15.3. The Hall–Kier alpha value is -1.13. The molecular formula is C15H19ClFNO2. The van der Waals surface area contributed by atoms with Crippen LogP contribution < -0.4 is 0 Å². The molecule has 0 aliphatic carbocycles. The van der Waals surface area contributed by atoms with Gasteiger partial charge in [-0.2, -0.15) is 0 Å². The second-order valence-electron chi connectivity index (χ2n) is 5.15. The summed E-state index contributed by atoms with van der Waals surface area (Å²) in [4.78, 5) is 13.7. The number of esters is 1. The summed E-state index contributed by atoms with van der Waals surface area (Å²) in [6.07, 6.45) is 3.60. The predicted molar refractivity (Wildman–Crippen MR) is 76.1 cm³/mol. The molecule has 0 aromatic heterocycles. The molecule has 1 aromatic rings. The fourth-order valence-corrected chi connectivity index (χ4v) is 2.77. The summed E-state index contributed by atoms with van der Waals surface area (Å²) >= 11 is 5.69. The van der Waals surface area contributed by atoms with Gasteiger partial charge in [0, 0.05) is 12.6 Å². The van der Waals surface area contributed by atoms with E-state index in [2.05, 4.69) is 4.90 Å². The Morgan fingerprint density at radius 3 is 3.00 bits per heavy atom. The highest BCUT2D eigenvalue weighted by molar-refractivity contribution is 6.30. The van der Waals surface area contributed by atoms with Gasteiger partial charge in [-0.15, -0.1) is 0 Å². The molecule has 1 aliphatic heterocycles. The lowest BCUT2D eigenvalue weighted by atomic mass is 9.98. The molecule has 110 valence electrons. The minimum absolute atomic E-state index is 0.138. The minimum atomic E-state index is -0.398. The Bertz CT molecular complexity index is 481. The van der Waals surface area contributed by atoms with Gasteiger partial charge in [0.2, 0.25) is 0 Å². The standard InChI is InChI=1S/C15H19ClFNO2/c1-20-15(19)9-12-4-2-3-7-18(12)10-11-5-6-13(16)14(17)8-11/h5-6,8,12H,2-4,7,9-10H2,1H3. The maximum Gasteiger partial charge on any atom is 0.307 e. The van der Waals surface area contributed by atoms with Gasteiger partial charge in [-0.3, -0.25) is 9.69 Å². The molecule has 2 rings (SSSR count). The summed E-state index contributed by atoms with van der Waals surface area (Å²) in [5, 5.41) is 0.138. The van der Waals surface area contributed by atoms with E-state index in [9.17, 15) is 9.18 Å². The molecule has 5 heteroatoms. The molecule has 0 saturated carbocycles. The molecule has 0 spiro atoms. The van der Waals surface area contributed by atoms with E-state index in [0.717, 1.165) is 31.4 Å². The third-order valence-corrected chi connectivity index (χ3v) is 4.06. The van der Waals surface area contributed by atoms with Crippen molar-refractivity contribution in [3.63, 3.8) is 0 Å². The third kappa shape index (κ3) is 3.93. The quantitative estimate of drug-likeness (QED) is 0.798. The van der Waals surface area contributed by atoms with Gasteiger partial charge in [-0.25, -0.2) is 4.39 Å². The maximum atomic E-state index is 13.5. The average molecular weight is 300 g/mol. The summed E-state index contributed by atoms with van der Waals surface area (Å²) in [7, 11) is 1.41. The number of rotatable bonds is 4. The summed E-state index contributed by atoms with van der Waals surface area (Å²) in [6.45, 7) is 1.56. The van der Waals surface area contributed by atoms with E-state index in [1.54, 1.807) is 6.07 Å². The van der Waals surface area contributed by atoms with Crippen LogP contribution in [0.2, 0.25) is 5.02 Å². The number of ether oxygens (including phenoxy) is 1. The van der Waals surface area contributed by atoms with Crippen molar-refractivity contribution < 1.29 is 13.9 Å². The summed E-state index contributed by atoms with van der Waals surface area (Å²) in [6, 6.07) is 5.04. The minimum Gasteiger partial charge on any atom is -0.469 e. The molecule has 1 unspecified atom stereocenters. The van der Waals surface area contributed by atoms with Gasteiger partial charge < -0.3 is 4.74 Å². The molecule has 0 bridgehead atoms. The van der Waals surface area contributed by atoms with Crippen molar-refractivity contribution in [2.75, 3.05) is 13.7 Å². The lowest BCUT2D eigenvalue weighted by molar-refractivity contribution is -0.142. The summed E-state index contributed by atoms with van der Waals surface area (Å²) in [5.41, 5.74) is 0.878. The van der Waals surface area contributed by atoms with E-state index < -0.39 is 5.82 Å². The predicted octanol–water partition coefficient (Wildman–Crippen LogP) is 3.40.